The molecule has 1 aliphatic rings. The van der Waals surface area contributed by atoms with Crippen LogP contribution in [0.2, 0.25) is 0 Å². The minimum Gasteiger partial charge on any atom is -0.493 e. The number of hydrogen-bond donors (Lipinski definition) is 1. The Bertz CT molecular complexity index is 434. The highest BCUT2D eigenvalue weighted by atomic mass is 16.5. The van der Waals surface area contributed by atoms with E-state index in [-0.39, 0.29) is 0 Å². The molecule has 2 rings (SSSR count). The molecular weight excluding hydrogens is 252 g/mol. The largest absolute Gasteiger partial charge is 0.493 e. The summed E-state index contributed by atoms with van der Waals surface area (Å²) in [5, 5.41) is 3.33. The number of piperidine rings is 1. The van der Waals surface area contributed by atoms with Gasteiger partial charge in [0, 0.05) is 11.6 Å². The molecule has 112 valence electrons. The van der Waals surface area contributed by atoms with E-state index in [1.165, 1.54) is 18.4 Å². The molecule has 0 saturated carbocycles. The van der Waals surface area contributed by atoms with E-state index in [0.29, 0.717) is 12.0 Å². The zero-order valence-electron chi connectivity index (χ0n) is 13.0. The molecule has 2 unspecified atom stereocenters. The van der Waals surface area contributed by atoms with E-state index in [1.54, 1.807) is 14.2 Å². The van der Waals surface area contributed by atoms with Crippen LogP contribution in [-0.4, -0.2) is 46.3 Å². The molecule has 1 aromatic carbocycles. The van der Waals surface area contributed by atoms with Crippen molar-refractivity contribution in [3.8, 4) is 11.5 Å². The van der Waals surface area contributed by atoms with E-state index >= 15 is 0 Å². The van der Waals surface area contributed by atoms with Crippen LogP contribution < -0.4 is 14.8 Å². The fourth-order valence-corrected chi connectivity index (χ4v) is 3.37. The van der Waals surface area contributed by atoms with Gasteiger partial charge in [-0.05, 0) is 52.0 Å². The summed E-state index contributed by atoms with van der Waals surface area (Å²) in [5.41, 5.74) is 1.23. The molecular formula is C16H26N2O2. The van der Waals surface area contributed by atoms with Crippen LogP contribution in [0.15, 0.2) is 18.2 Å². The number of rotatable bonds is 5. The molecule has 4 nitrogen and oxygen atoms in total. The average Bonchev–Trinajstić information content (AvgIpc) is 2.47. The van der Waals surface area contributed by atoms with Crippen molar-refractivity contribution >= 4 is 0 Å². The standard InChI is InChI=1S/C16H26N2O2/c1-17-11-12-7-6-10-18(2)15(12)13-8-5-9-14(19-3)16(13)20-4/h5,8-9,12,15,17H,6-7,10-11H2,1-4H3. The Morgan fingerprint density at radius 3 is 2.75 bits per heavy atom. The van der Waals surface area contributed by atoms with Crippen LogP contribution in [-0.2, 0) is 0 Å². The van der Waals surface area contributed by atoms with Gasteiger partial charge in [-0.1, -0.05) is 12.1 Å². The van der Waals surface area contributed by atoms with E-state index < -0.39 is 0 Å². The maximum absolute atomic E-state index is 5.62. The third-order valence-electron chi connectivity index (χ3n) is 4.23. The van der Waals surface area contributed by atoms with E-state index in [0.717, 1.165) is 24.6 Å². The number of para-hydroxylation sites is 1. The molecule has 0 spiro atoms. The Labute approximate surface area is 122 Å². The molecule has 0 amide bonds. The maximum Gasteiger partial charge on any atom is 0.165 e. The lowest BCUT2D eigenvalue weighted by Gasteiger charge is -2.40. The van der Waals surface area contributed by atoms with Crippen LogP contribution in [0.3, 0.4) is 0 Å². The van der Waals surface area contributed by atoms with Gasteiger partial charge in [0.1, 0.15) is 0 Å². The zero-order valence-corrected chi connectivity index (χ0v) is 13.0. The van der Waals surface area contributed by atoms with Gasteiger partial charge in [-0.15, -0.1) is 0 Å². The normalized spacial score (nSPS) is 23.6. The second-order valence-electron chi connectivity index (χ2n) is 5.47. The average molecular weight is 278 g/mol. The minimum absolute atomic E-state index is 0.376. The van der Waals surface area contributed by atoms with Crippen LogP contribution in [0, 0.1) is 5.92 Å². The predicted molar refractivity (Wildman–Crippen MR) is 81.6 cm³/mol. The van der Waals surface area contributed by atoms with Crippen molar-refractivity contribution in [1.82, 2.24) is 10.2 Å². The number of ether oxygens (including phenoxy) is 2. The van der Waals surface area contributed by atoms with Gasteiger partial charge < -0.3 is 14.8 Å². The third-order valence-corrected chi connectivity index (χ3v) is 4.23. The van der Waals surface area contributed by atoms with Gasteiger partial charge in [0.05, 0.1) is 14.2 Å². The first-order valence-electron chi connectivity index (χ1n) is 7.28. The Balaban J connectivity index is 2.40. The molecule has 4 heteroatoms. The van der Waals surface area contributed by atoms with Crippen LogP contribution in [0.1, 0.15) is 24.4 Å². The first kappa shape index (κ1) is 15.1. The van der Waals surface area contributed by atoms with Crippen LogP contribution >= 0.6 is 0 Å². The fraction of sp³-hybridized carbons (Fsp3) is 0.625. The molecule has 1 aromatic rings. The topological polar surface area (TPSA) is 33.7 Å². The molecule has 1 N–H and O–H groups in total. The Hall–Kier alpha value is -1.26. The summed E-state index contributed by atoms with van der Waals surface area (Å²) in [6.45, 7) is 2.15. The van der Waals surface area contributed by atoms with Gasteiger partial charge in [-0.25, -0.2) is 0 Å². The highest BCUT2D eigenvalue weighted by molar-refractivity contribution is 5.48. The molecule has 0 radical (unpaired) electrons. The number of hydrogen-bond acceptors (Lipinski definition) is 4. The highest BCUT2D eigenvalue weighted by Crippen LogP contribution is 2.42. The number of likely N-dealkylation sites (tertiary alicyclic amines) is 1. The van der Waals surface area contributed by atoms with Crippen molar-refractivity contribution in [3.63, 3.8) is 0 Å². The second kappa shape index (κ2) is 6.95. The van der Waals surface area contributed by atoms with Gasteiger partial charge in [-0.2, -0.15) is 0 Å². The van der Waals surface area contributed by atoms with Gasteiger partial charge in [0.25, 0.3) is 0 Å². The first-order valence-corrected chi connectivity index (χ1v) is 7.28. The number of methoxy groups -OCH3 is 2. The summed E-state index contributed by atoms with van der Waals surface area (Å²) in [6.07, 6.45) is 2.50. The van der Waals surface area contributed by atoms with Gasteiger partial charge in [0.15, 0.2) is 11.5 Å². The van der Waals surface area contributed by atoms with E-state index in [2.05, 4.69) is 29.4 Å². The molecule has 1 fully saturated rings. The second-order valence-corrected chi connectivity index (χ2v) is 5.47. The van der Waals surface area contributed by atoms with Crippen molar-refractivity contribution in [2.24, 2.45) is 5.92 Å². The lowest BCUT2D eigenvalue weighted by atomic mass is 9.84. The van der Waals surface area contributed by atoms with Gasteiger partial charge in [-0.3, -0.25) is 4.90 Å². The summed E-state index contributed by atoms with van der Waals surface area (Å²) < 4.78 is 11.1. The van der Waals surface area contributed by atoms with Crippen LogP contribution in [0.5, 0.6) is 11.5 Å². The fourth-order valence-electron chi connectivity index (χ4n) is 3.37. The molecule has 2 atom stereocenters. The van der Waals surface area contributed by atoms with Crippen LogP contribution in [0.25, 0.3) is 0 Å². The van der Waals surface area contributed by atoms with Crippen molar-refractivity contribution in [3.05, 3.63) is 23.8 Å². The number of nitrogens with zero attached hydrogens (tertiary/aromatic N) is 1. The third kappa shape index (κ3) is 2.91. The van der Waals surface area contributed by atoms with Crippen LogP contribution in [0.4, 0.5) is 0 Å². The number of nitrogens with one attached hydrogen (secondary N) is 1. The van der Waals surface area contributed by atoms with E-state index in [1.807, 2.05) is 13.1 Å². The van der Waals surface area contributed by atoms with E-state index in [4.69, 9.17) is 9.47 Å². The summed E-state index contributed by atoms with van der Waals surface area (Å²) in [6, 6.07) is 6.55. The SMILES string of the molecule is CNCC1CCCN(C)C1c1cccc(OC)c1OC. The first-order chi connectivity index (χ1) is 9.72. The summed E-state index contributed by atoms with van der Waals surface area (Å²) in [4.78, 5) is 2.43. The smallest absolute Gasteiger partial charge is 0.165 e. The maximum atomic E-state index is 5.62. The summed E-state index contributed by atoms with van der Waals surface area (Å²) in [7, 11) is 7.63. The van der Waals surface area contributed by atoms with Gasteiger partial charge >= 0.3 is 0 Å². The molecule has 1 saturated heterocycles. The lowest BCUT2D eigenvalue weighted by molar-refractivity contribution is 0.118. The molecule has 20 heavy (non-hydrogen) atoms. The van der Waals surface area contributed by atoms with Crippen molar-refractivity contribution in [2.45, 2.75) is 18.9 Å². The molecule has 0 aliphatic carbocycles. The zero-order chi connectivity index (χ0) is 14.5. The number of benzene rings is 1. The highest BCUT2D eigenvalue weighted by Gasteiger charge is 2.32. The van der Waals surface area contributed by atoms with Gasteiger partial charge in [0.2, 0.25) is 0 Å². The Kier molecular flexibility index (Phi) is 5.26. The lowest BCUT2D eigenvalue weighted by Crippen LogP contribution is -2.40. The summed E-state index contributed by atoms with van der Waals surface area (Å²) in [5.74, 6) is 2.28. The molecule has 1 heterocycles. The van der Waals surface area contributed by atoms with Crippen molar-refractivity contribution < 1.29 is 9.47 Å². The Morgan fingerprint density at radius 2 is 2.10 bits per heavy atom. The summed E-state index contributed by atoms with van der Waals surface area (Å²) >= 11 is 0. The molecule has 0 aromatic heterocycles. The molecule has 0 bridgehead atoms. The minimum atomic E-state index is 0.376. The van der Waals surface area contributed by atoms with Crippen molar-refractivity contribution in [1.29, 1.82) is 0 Å². The quantitative estimate of drug-likeness (QED) is 0.896. The van der Waals surface area contributed by atoms with E-state index in [9.17, 15) is 0 Å². The van der Waals surface area contributed by atoms with Crippen molar-refractivity contribution in [2.75, 3.05) is 41.4 Å². The predicted octanol–water partition coefficient (Wildman–Crippen LogP) is 2.31. The monoisotopic (exact) mass is 278 g/mol. The Morgan fingerprint density at radius 1 is 1.30 bits per heavy atom. The molecule has 1 aliphatic heterocycles.